The number of ether oxygens (including phenoxy) is 1. The molecule has 11 heavy (non-hydrogen) atoms. The zero-order valence-corrected chi connectivity index (χ0v) is 6.33. The van der Waals surface area contributed by atoms with Crippen molar-refractivity contribution in [2.75, 3.05) is 7.11 Å². The summed E-state index contributed by atoms with van der Waals surface area (Å²) in [5.41, 5.74) is 0.0207. The first-order valence-electron chi connectivity index (χ1n) is 3.05. The van der Waals surface area contributed by atoms with E-state index >= 15 is 0 Å². The van der Waals surface area contributed by atoms with E-state index in [4.69, 9.17) is 5.26 Å². The lowest BCUT2D eigenvalue weighted by Crippen LogP contribution is -2.02. The van der Waals surface area contributed by atoms with Gasteiger partial charge in [0.05, 0.1) is 7.11 Å². The molecule has 3 nitrogen and oxygen atoms in total. The Hall–Kier alpha value is -1.56. The van der Waals surface area contributed by atoms with Gasteiger partial charge in [-0.05, 0) is 6.42 Å². The number of nitriles is 1. The van der Waals surface area contributed by atoms with E-state index in [0.29, 0.717) is 6.42 Å². The van der Waals surface area contributed by atoms with Gasteiger partial charge in [-0.2, -0.15) is 5.26 Å². The third-order valence-corrected chi connectivity index (χ3v) is 1.01. The van der Waals surface area contributed by atoms with Gasteiger partial charge in [0.25, 0.3) is 0 Å². The molecule has 0 unspecified atom stereocenters. The summed E-state index contributed by atoms with van der Waals surface area (Å²) >= 11 is 0. The van der Waals surface area contributed by atoms with Gasteiger partial charge in [0.2, 0.25) is 0 Å². The van der Waals surface area contributed by atoms with Crippen LogP contribution < -0.4 is 0 Å². The summed E-state index contributed by atoms with van der Waals surface area (Å²) in [4.78, 5) is 10.7. The monoisotopic (exact) mass is 151 g/mol. The van der Waals surface area contributed by atoms with Crippen LogP contribution in [0, 0.1) is 11.3 Å². The second-order valence-corrected chi connectivity index (χ2v) is 1.75. The number of allylic oxidation sites excluding steroid dienone is 2. The first-order chi connectivity index (χ1) is 5.26. The molecule has 0 aliphatic heterocycles. The second kappa shape index (κ2) is 5.24. The van der Waals surface area contributed by atoms with Crippen molar-refractivity contribution in [3.05, 3.63) is 24.3 Å². The maximum absolute atomic E-state index is 10.7. The molecule has 0 saturated heterocycles. The number of rotatable bonds is 3. The number of hydrogen-bond donors (Lipinski definition) is 0. The zero-order valence-electron chi connectivity index (χ0n) is 6.33. The standard InChI is InChI=1S/C8H9NO2/c1-3-4-5-7(6-9)8(10)11-2/h3,5H,1,4H2,2H3. The summed E-state index contributed by atoms with van der Waals surface area (Å²) in [6, 6.07) is 1.73. The molecule has 3 heteroatoms. The minimum absolute atomic E-state index is 0.0207. The van der Waals surface area contributed by atoms with Crippen LogP contribution in [0.25, 0.3) is 0 Å². The van der Waals surface area contributed by atoms with Crippen LogP contribution >= 0.6 is 0 Å². The maximum Gasteiger partial charge on any atom is 0.348 e. The summed E-state index contributed by atoms with van der Waals surface area (Å²) in [6.45, 7) is 3.45. The summed E-state index contributed by atoms with van der Waals surface area (Å²) in [6.07, 6.45) is 3.57. The first kappa shape index (κ1) is 9.44. The Labute approximate surface area is 65.6 Å². The molecular weight excluding hydrogens is 142 g/mol. The van der Waals surface area contributed by atoms with Crippen molar-refractivity contribution in [3.63, 3.8) is 0 Å². The lowest BCUT2D eigenvalue weighted by Gasteiger charge is -1.93. The highest BCUT2D eigenvalue weighted by Crippen LogP contribution is 1.97. The number of esters is 1. The van der Waals surface area contributed by atoms with Crippen molar-refractivity contribution < 1.29 is 9.53 Å². The maximum atomic E-state index is 10.7. The third kappa shape index (κ3) is 3.21. The predicted molar refractivity (Wildman–Crippen MR) is 40.5 cm³/mol. The van der Waals surface area contributed by atoms with Crippen LogP contribution in [0.2, 0.25) is 0 Å². The van der Waals surface area contributed by atoms with Crippen LogP contribution in [-0.4, -0.2) is 13.1 Å². The van der Waals surface area contributed by atoms with Crippen molar-refractivity contribution in [2.24, 2.45) is 0 Å². The smallest absolute Gasteiger partial charge is 0.348 e. The normalized spacial score (nSPS) is 10.0. The summed E-state index contributed by atoms with van der Waals surface area (Å²) in [7, 11) is 1.24. The molecule has 0 N–H and O–H groups in total. The quantitative estimate of drug-likeness (QED) is 0.263. The minimum atomic E-state index is -0.602. The van der Waals surface area contributed by atoms with Crippen molar-refractivity contribution in [3.8, 4) is 6.07 Å². The molecule has 0 aliphatic rings. The van der Waals surface area contributed by atoms with Crippen LogP contribution in [0.15, 0.2) is 24.3 Å². The van der Waals surface area contributed by atoms with Gasteiger partial charge in [0.15, 0.2) is 0 Å². The van der Waals surface area contributed by atoms with Gasteiger partial charge < -0.3 is 4.74 Å². The van der Waals surface area contributed by atoms with E-state index < -0.39 is 5.97 Å². The molecule has 58 valence electrons. The second-order valence-electron chi connectivity index (χ2n) is 1.75. The molecule has 0 radical (unpaired) electrons. The molecular formula is C8H9NO2. The largest absolute Gasteiger partial charge is 0.465 e. The number of carbonyl (C=O) groups excluding carboxylic acids is 1. The molecule has 0 amide bonds. The number of methoxy groups -OCH3 is 1. The minimum Gasteiger partial charge on any atom is -0.465 e. The van der Waals surface area contributed by atoms with Gasteiger partial charge in [0.1, 0.15) is 11.6 Å². The Morgan fingerprint density at radius 1 is 1.82 bits per heavy atom. The lowest BCUT2D eigenvalue weighted by atomic mass is 10.2. The Morgan fingerprint density at radius 3 is 2.82 bits per heavy atom. The molecule has 0 rings (SSSR count). The van der Waals surface area contributed by atoms with Crippen molar-refractivity contribution in [1.82, 2.24) is 0 Å². The van der Waals surface area contributed by atoms with Crippen LogP contribution in [-0.2, 0) is 9.53 Å². The van der Waals surface area contributed by atoms with Gasteiger partial charge >= 0.3 is 5.97 Å². The highest BCUT2D eigenvalue weighted by molar-refractivity contribution is 5.92. The van der Waals surface area contributed by atoms with E-state index in [1.807, 2.05) is 0 Å². The Bertz CT molecular complexity index is 223. The van der Waals surface area contributed by atoms with Gasteiger partial charge in [-0.15, -0.1) is 6.58 Å². The Morgan fingerprint density at radius 2 is 2.45 bits per heavy atom. The summed E-state index contributed by atoms with van der Waals surface area (Å²) in [5.74, 6) is -0.602. The predicted octanol–water partition coefficient (Wildman–Crippen LogP) is 1.19. The SMILES string of the molecule is C=CCC=C(C#N)C(=O)OC. The molecule has 0 aromatic heterocycles. The number of carbonyl (C=O) groups is 1. The molecule has 0 aromatic carbocycles. The van der Waals surface area contributed by atoms with Crippen LogP contribution in [0.5, 0.6) is 0 Å². The molecule has 0 saturated carbocycles. The number of hydrogen-bond acceptors (Lipinski definition) is 3. The van der Waals surface area contributed by atoms with Gasteiger partial charge in [-0.3, -0.25) is 0 Å². The zero-order chi connectivity index (χ0) is 8.69. The molecule has 0 aromatic rings. The summed E-state index contributed by atoms with van der Waals surface area (Å²) in [5, 5.41) is 8.40. The van der Waals surface area contributed by atoms with Gasteiger partial charge in [-0.1, -0.05) is 12.2 Å². The fourth-order valence-electron chi connectivity index (χ4n) is 0.486. The van der Waals surface area contributed by atoms with E-state index in [9.17, 15) is 4.79 Å². The fourth-order valence-corrected chi connectivity index (χ4v) is 0.486. The molecule has 0 atom stereocenters. The number of nitrogens with zero attached hydrogens (tertiary/aromatic N) is 1. The van der Waals surface area contributed by atoms with E-state index in [2.05, 4.69) is 11.3 Å². The van der Waals surface area contributed by atoms with E-state index in [1.54, 1.807) is 12.1 Å². The lowest BCUT2D eigenvalue weighted by molar-refractivity contribution is -0.135. The Kier molecular flexibility index (Phi) is 4.50. The fraction of sp³-hybridized carbons (Fsp3) is 0.250. The highest BCUT2D eigenvalue weighted by atomic mass is 16.5. The average molecular weight is 151 g/mol. The van der Waals surface area contributed by atoms with E-state index in [0.717, 1.165) is 0 Å². The van der Waals surface area contributed by atoms with Crippen LogP contribution in [0.1, 0.15) is 6.42 Å². The third-order valence-electron chi connectivity index (χ3n) is 1.01. The molecule has 0 heterocycles. The van der Waals surface area contributed by atoms with Gasteiger partial charge in [0, 0.05) is 0 Å². The molecule has 0 fully saturated rings. The summed E-state index contributed by atoms with van der Waals surface area (Å²) < 4.78 is 4.34. The highest BCUT2D eigenvalue weighted by Gasteiger charge is 2.05. The first-order valence-corrected chi connectivity index (χ1v) is 3.05. The van der Waals surface area contributed by atoms with Crippen molar-refractivity contribution in [2.45, 2.75) is 6.42 Å². The van der Waals surface area contributed by atoms with Crippen LogP contribution in [0.4, 0.5) is 0 Å². The van der Waals surface area contributed by atoms with Crippen LogP contribution in [0.3, 0.4) is 0 Å². The molecule has 0 bridgehead atoms. The molecule has 0 aliphatic carbocycles. The van der Waals surface area contributed by atoms with Crippen molar-refractivity contribution in [1.29, 1.82) is 5.26 Å². The topological polar surface area (TPSA) is 50.1 Å². The van der Waals surface area contributed by atoms with Gasteiger partial charge in [-0.25, -0.2) is 4.79 Å². The van der Waals surface area contributed by atoms with E-state index in [-0.39, 0.29) is 5.57 Å². The Balaban J connectivity index is 4.29. The molecule has 0 spiro atoms. The average Bonchev–Trinajstić information content (AvgIpc) is 2.05. The van der Waals surface area contributed by atoms with E-state index in [1.165, 1.54) is 13.2 Å². The van der Waals surface area contributed by atoms with Crippen molar-refractivity contribution >= 4 is 5.97 Å².